The number of hydrogen-bond acceptors (Lipinski definition) is 7. The van der Waals surface area contributed by atoms with Crippen molar-refractivity contribution in [2.24, 2.45) is 0 Å². The highest BCUT2D eigenvalue weighted by atomic mass is 32.1. The predicted molar refractivity (Wildman–Crippen MR) is 97.8 cm³/mol. The molecule has 0 aliphatic carbocycles. The first-order chi connectivity index (χ1) is 12.5. The van der Waals surface area contributed by atoms with E-state index in [1.165, 1.54) is 18.2 Å². The van der Waals surface area contributed by atoms with Gasteiger partial charge in [-0.15, -0.1) is 0 Å². The van der Waals surface area contributed by atoms with Gasteiger partial charge < -0.3 is 16.2 Å². The summed E-state index contributed by atoms with van der Waals surface area (Å²) in [6.07, 6.45) is 0. The van der Waals surface area contributed by atoms with Crippen LogP contribution in [0.25, 0.3) is 0 Å². The molecule has 0 aliphatic rings. The van der Waals surface area contributed by atoms with Crippen molar-refractivity contribution in [1.82, 2.24) is 4.98 Å². The van der Waals surface area contributed by atoms with Crippen LogP contribution in [-0.4, -0.2) is 21.8 Å². The standard InChI is InChI=1S/C18H12N4O3S/c19-9-10-2-1-3-12(8-10)14(23)15-16(20)22-18(26-15)21-13-6-4-11(5-7-13)17(24)25/h1-8H,20H2,(H,21,22)(H,24,25). The van der Waals surface area contributed by atoms with Gasteiger partial charge in [0.15, 0.2) is 5.13 Å². The van der Waals surface area contributed by atoms with Gasteiger partial charge in [0.05, 0.1) is 17.2 Å². The van der Waals surface area contributed by atoms with E-state index in [2.05, 4.69) is 10.3 Å². The number of hydrogen-bond donors (Lipinski definition) is 3. The van der Waals surface area contributed by atoms with Crippen LogP contribution in [0, 0.1) is 11.3 Å². The van der Waals surface area contributed by atoms with E-state index >= 15 is 0 Å². The van der Waals surface area contributed by atoms with Gasteiger partial charge in [-0.05, 0) is 36.4 Å². The Morgan fingerprint density at radius 1 is 1.15 bits per heavy atom. The lowest BCUT2D eigenvalue weighted by atomic mass is 10.1. The minimum Gasteiger partial charge on any atom is -0.478 e. The molecule has 26 heavy (non-hydrogen) atoms. The molecule has 0 bridgehead atoms. The zero-order valence-corrected chi connectivity index (χ0v) is 14.1. The lowest BCUT2D eigenvalue weighted by Gasteiger charge is -2.02. The van der Waals surface area contributed by atoms with Gasteiger partial charge in [0, 0.05) is 11.3 Å². The molecule has 0 aliphatic heterocycles. The van der Waals surface area contributed by atoms with Gasteiger partial charge in [0.25, 0.3) is 0 Å². The number of rotatable bonds is 5. The van der Waals surface area contributed by atoms with Crippen molar-refractivity contribution in [3.63, 3.8) is 0 Å². The van der Waals surface area contributed by atoms with Gasteiger partial charge in [0.1, 0.15) is 10.7 Å². The van der Waals surface area contributed by atoms with Gasteiger partial charge >= 0.3 is 5.97 Å². The number of aromatic carboxylic acids is 1. The van der Waals surface area contributed by atoms with Crippen molar-refractivity contribution in [3.05, 3.63) is 70.1 Å². The summed E-state index contributed by atoms with van der Waals surface area (Å²) >= 11 is 1.09. The maximum atomic E-state index is 12.6. The van der Waals surface area contributed by atoms with Gasteiger partial charge in [-0.25, -0.2) is 9.78 Å². The predicted octanol–water partition coefficient (Wildman–Crippen LogP) is 3.27. The third-order valence-corrected chi connectivity index (χ3v) is 4.48. The van der Waals surface area contributed by atoms with Crippen LogP contribution in [0.2, 0.25) is 0 Å². The molecule has 1 aromatic heterocycles. The van der Waals surface area contributed by atoms with Crippen LogP contribution in [0.4, 0.5) is 16.6 Å². The van der Waals surface area contributed by atoms with Gasteiger partial charge in [-0.3, -0.25) is 4.79 Å². The fraction of sp³-hybridized carbons (Fsp3) is 0. The van der Waals surface area contributed by atoms with E-state index in [1.54, 1.807) is 30.3 Å². The number of benzene rings is 2. The fourth-order valence-corrected chi connectivity index (χ4v) is 3.10. The number of nitrogens with two attached hydrogens (primary N) is 1. The minimum atomic E-state index is -1.01. The normalized spacial score (nSPS) is 10.1. The number of nitrogen functional groups attached to an aromatic ring is 1. The van der Waals surface area contributed by atoms with Crippen molar-refractivity contribution < 1.29 is 14.7 Å². The molecule has 0 unspecified atom stereocenters. The molecule has 8 heteroatoms. The van der Waals surface area contributed by atoms with Gasteiger partial charge in [0.2, 0.25) is 5.78 Å². The molecular weight excluding hydrogens is 352 g/mol. The summed E-state index contributed by atoms with van der Waals surface area (Å²) < 4.78 is 0. The highest BCUT2D eigenvalue weighted by Crippen LogP contribution is 2.30. The topological polar surface area (TPSA) is 129 Å². The van der Waals surface area contributed by atoms with E-state index in [-0.39, 0.29) is 22.0 Å². The highest BCUT2D eigenvalue weighted by molar-refractivity contribution is 7.18. The number of ketones is 1. The first kappa shape index (κ1) is 17.1. The Morgan fingerprint density at radius 3 is 2.54 bits per heavy atom. The second-order valence-electron chi connectivity index (χ2n) is 5.26. The van der Waals surface area contributed by atoms with Crippen LogP contribution in [0.15, 0.2) is 48.5 Å². The van der Waals surface area contributed by atoms with Crippen molar-refractivity contribution in [2.45, 2.75) is 0 Å². The Bertz CT molecular complexity index is 1040. The molecule has 0 saturated heterocycles. The molecule has 3 aromatic rings. The average molecular weight is 364 g/mol. The van der Waals surface area contributed by atoms with E-state index in [4.69, 9.17) is 16.1 Å². The van der Waals surface area contributed by atoms with Gasteiger partial charge in [-0.2, -0.15) is 5.26 Å². The Balaban J connectivity index is 1.83. The lowest BCUT2D eigenvalue weighted by Crippen LogP contribution is -2.02. The third-order valence-electron chi connectivity index (χ3n) is 3.50. The Morgan fingerprint density at radius 2 is 1.88 bits per heavy atom. The summed E-state index contributed by atoms with van der Waals surface area (Å²) in [5.41, 5.74) is 7.40. The molecule has 128 valence electrons. The number of carboxylic acids is 1. The molecule has 0 radical (unpaired) electrons. The number of nitrogens with one attached hydrogen (secondary N) is 1. The van der Waals surface area contributed by atoms with E-state index < -0.39 is 5.97 Å². The monoisotopic (exact) mass is 364 g/mol. The van der Waals surface area contributed by atoms with Crippen LogP contribution in [0.1, 0.15) is 31.2 Å². The van der Waals surface area contributed by atoms with Crippen LogP contribution in [0.3, 0.4) is 0 Å². The first-order valence-electron chi connectivity index (χ1n) is 7.39. The van der Waals surface area contributed by atoms with E-state index in [9.17, 15) is 9.59 Å². The number of thiazole rings is 1. The fourth-order valence-electron chi connectivity index (χ4n) is 2.23. The maximum Gasteiger partial charge on any atom is 0.335 e. The molecule has 0 atom stereocenters. The van der Waals surface area contributed by atoms with E-state index in [1.807, 2.05) is 6.07 Å². The molecule has 2 aromatic carbocycles. The van der Waals surface area contributed by atoms with Crippen LogP contribution in [0.5, 0.6) is 0 Å². The third kappa shape index (κ3) is 3.53. The second kappa shape index (κ2) is 7.04. The number of anilines is 3. The van der Waals surface area contributed by atoms with Crippen molar-refractivity contribution in [3.8, 4) is 6.07 Å². The summed E-state index contributed by atoms with van der Waals surface area (Å²) in [6, 6.07) is 14.5. The molecule has 0 fully saturated rings. The molecular formula is C18H12N4O3S. The Kier molecular flexibility index (Phi) is 4.64. The van der Waals surface area contributed by atoms with Crippen LogP contribution in [-0.2, 0) is 0 Å². The molecule has 4 N–H and O–H groups in total. The van der Waals surface area contributed by atoms with E-state index in [0.717, 1.165) is 11.3 Å². The first-order valence-corrected chi connectivity index (χ1v) is 8.21. The Labute approximate surface area is 152 Å². The molecule has 0 amide bonds. The van der Waals surface area contributed by atoms with Crippen molar-refractivity contribution >= 4 is 39.7 Å². The van der Waals surface area contributed by atoms with Crippen molar-refractivity contribution in [2.75, 3.05) is 11.1 Å². The molecule has 0 saturated carbocycles. The lowest BCUT2D eigenvalue weighted by molar-refractivity contribution is 0.0696. The van der Waals surface area contributed by atoms with Crippen molar-refractivity contribution in [1.29, 1.82) is 5.26 Å². The number of carbonyl (C=O) groups is 2. The maximum absolute atomic E-state index is 12.6. The number of nitrogens with zero attached hydrogens (tertiary/aromatic N) is 2. The summed E-state index contributed by atoms with van der Waals surface area (Å²) in [4.78, 5) is 27.9. The molecule has 1 heterocycles. The summed E-state index contributed by atoms with van der Waals surface area (Å²) in [5, 5.41) is 21.3. The minimum absolute atomic E-state index is 0.0898. The molecule has 0 spiro atoms. The number of nitriles is 1. The average Bonchev–Trinajstić information content (AvgIpc) is 3.01. The SMILES string of the molecule is N#Cc1cccc(C(=O)c2sc(Nc3ccc(C(=O)O)cc3)nc2N)c1. The number of carbonyl (C=O) groups excluding carboxylic acids is 1. The zero-order chi connectivity index (χ0) is 18.7. The number of aromatic nitrogens is 1. The quantitative estimate of drug-likeness (QED) is 0.592. The van der Waals surface area contributed by atoms with E-state index in [0.29, 0.717) is 21.9 Å². The molecule has 7 nitrogen and oxygen atoms in total. The highest BCUT2D eigenvalue weighted by Gasteiger charge is 2.18. The smallest absolute Gasteiger partial charge is 0.335 e. The largest absolute Gasteiger partial charge is 0.478 e. The summed E-state index contributed by atoms with van der Waals surface area (Å²) in [6.45, 7) is 0. The summed E-state index contributed by atoms with van der Waals surface area (Å²) in [7, 11) is 0. The van der Waals surface area contributed by atoms with Crippen LogP contribution < -0.4 is 11.1 Å². The van der Waals surface area contributed by atoms with Crippen LogP contribution >= 0.6 is 11.3 Å². The Hall–Kier alpha value is -3.70. The zero-order valence-electron chi connectivity index (χ0n) is 13.3. The van der Waals surface area contributed by atoms with Gasteiger partial charge in [-0.1, -0.05) is 23.5 Å². The summed E-state index contributed by atoms with van der Waals surface area (Å²) in [5.74, 6) is -1.24. The second-order valence-corrected chi connectivity index (χ2v) is 6.26. The number of carboxylic acid groups (broad SMARTS) is 1. The molecule has 3 rings (SSSR count).